The second kappa shape index (κ2) is 5.68. The maximum Gasteiger partial charge on any atom is 0.0991 e. The Kier molecular flexibility index (Phi) is 3.98. The molecule has 0 aliphatic carbocycles. The van der Waals surface area contributed by atoms with Gasteiger partial charge in [-0.1, -0.05) is 12.1 Å². The molecule has 3 nitrogen and oxygen atoms in total. The molecule has 96 valence electrons. The molecule has 2 rings (SSSR count). The number of benzene rings is 2. The summed E-state index contributed by atoms with van der Waals surface area (Å²) >= 11 is 0. The molecule has 0 saturated carbocycles. The smallest absolute Gasteiger partial charge is 0.0991 e. The highest BCUT2D eigenvalue weighted by atomic mass is 32.2. The first-order chi connectivity index (χ1) is 9.10. The van der Waals surface area contributed by atoms with Crippen molar-refractivity contribution in [1.82, 2.24) is 0 Å². The molecule has 0 amide bonds. The summed E-state index contributed by atoms with van der Waals surface area (Å²) in [5, 5.41) is 8.72. The molecule has 0 fully saturated rings. The van der Waals surface area contributed by atoms with Crippen LogP contribution in [0.4, 0.5) is 5.69 Å². The molecule has 2 N–H and O–H groups in total. The molecule has 0 bridgehead atoms. The van der Waals surface area contributed by atoms with Crippen LogP contribution >= 0.6 is 0 Å². The molecule has 4 heteroatoms. The van der Waals surface area contributed by atoms with Crippen molar-refractivity contribution in [2.45, 2.75) is 17.6 Å². The van der Waals surface area contributed by atoms with Gasteiger partial charge in [0.2, 0.25) is 0 Å². The highest BCUT2D eigenvalue weighted by molar-refractivity contribution is 7.84. The van der Waals surface area contributed by atoms with Gasteiger partial charge in [0.1, 0.15) is 0 Å². The summed E-state index contributed by atoms with van der Waals surface area (Å²) in [7, 11) is -1.10. The van der Waals surface area contributed by atoms with E-state index in [2.05, 4.69) is 6.07 Å². The molecule has 2 aromatic rings. The summed E-state index contributed by atoms with van der Waals surface area (Å²) in [5.74, 6) is 0.440. The summed E-state index contributed by atoms with van der Waals surface area (Å²) in [4.78, 5) is 0.774. The Hall–Kier alpha value is -2.12. The van der Waals surface area contributed by atoms with Crippen LogP contribution in [0.1, 0.15) is 16.7 Å². The SMILES string of the molecule is Cc1cc(S(=O)Cc2ccc(C#N)cc2)ccc1N. The lowest BCUT2D eigenvalue weighted by Crippen LogP contribution is -1.98. The van der Waals surface area contributed by atoms with Crippen molar-refractivity contribution in [1.29, 1.82) is 5.26 Å². The molecule has 0 saturated heterocycles. The van der Waals surface area contributed by atoms with E-state index in [1.807, 2.05) is 25.1 Å². The molecule has 1 atom stereocenters. The van der Waals surface area contributed by atoms with Crippen molar-refractivity contribution in [3.05, 3.63) is 59.2 Å². The zero-order valence-corrected chi connectivity index (χ0v) is 11.4. The average molecular weight is 270 g/mol. The topological polar surface area (TPSA) is 66.9 Å². The van der Waals surface area contributed by atoms with E-state index in [1.54, 1.807) is 24.3 Å². The molecule has 2 aromatic carbocycles. The fourth-order valence-electron chi connectivity index (χ4n) is 1.70. The third-order valence-electron chi connectivity index (χ3n) is 2.88. The second-order valence-corrected chi connectivity index (χ2v) is 5.77. The summed E-state index contributed by atoms with van der Waals surface area (Å²) in [6, 6.07) is 14.6. The van der Waals surface area contributed by atoms with E-state index in [-0.39, 0.29) is 0 Å². The average Bonchev–Trinajstić information content (AvgIpc) is 2.42. The third kappa shape index (κ3) is 3.21. The Balaban J connectivity index is 2.16. The van der Waals surface area contributed by atoms with Crippen molar-refractivity contribution in [3.63, 3.8) is 0 Å². The first kappa shape index (κ1) is 13.3. The van der Waals surface area contributed by atoms with E-state index in [4.69, 9.17) is 11.0 Å². The number of nitrogen functional groups attached to an aromatic ring is 1. The van der Waals surface area contributed by atoms with Gasteiger partial charge < -0.3 is 5.73 Å². The first-order valence-electron chi connectivity index (χ1n) is 5.83. The molecule has 0 spiro atoms. The van der Waals surface area contributed by atoms with Crippen LogP contribution in [0.15, 0.2) is 47.4 Å². The van der Waals surface area contributed by atoms with Crippen molar-refractivity contribution < 1.29 is 4.21 Å². The van der Waals surface area contributed by atoms with Gasteiger partial charge >= 0.3 is 0 Å². The quantitative estimate of drug-likeness (QED) is 0.872. The minimum atomic E-state index is -1.10. The van der Waals surface area contributed by atoms with Gasteiger partial charge in [-0.05, 0) is 48.4 Å². The van der Waals surface area contributed by atoms with Crippen molar-refractivity contribution in [2.75, 3.05) is 5.73 Å². The van der Waals surface area contributed by atoms with Crippen molar-refractivity contribution >= 4 is 16.5 Å². The summed E-state index contributed by atoms with van der Waals surface area (Å²) < 4.78 is 12.2. The fourth-order valence-corrected chi connectivity index (χ4v) is 2.89. The van der Waals surface area contributed by atoms with E-state index in [0.717, 1.165) is 16.0 Å². The van der Waals surface area contributed by atoms with E-state index in [9.17, 15) is 4.21 Å². The highest BCUT2D eigenvalue weighted by Gasteiger charge is 2.06. The minimum Gasteiger partial charge on any atom is -0.399 e. The molecule has 0 aliphatic rings. The number of aryl methyl sites for hydroxylation is 1. The molecule has 0 aliphatic heterocycles. The van der Waals surface area contributed by atoms with Gasteiger partial charge in [-0.3, -0.25) is 4.21 Å². The molecule has 19 heavy (non-hydrogen) atoms. The number of nitrogens with two attached hydrogens (primary N) is 1. The summed E-state index contributed by atoms with van der Waals surface area (Å²) in [6.45, 7) is 1.90. The van der Waals surface area contributed by atoms with Gasteiger partial charge in [0.15, 0.2) is 0 Å². The van der Waals surface area contributed by atoms with E-state index < -0.39 is 10.8 Å². The molecule has 0 heterocycles. The Morgan fingerprint density at radius 1 is 1.21 bits per heavy atom. The lowest BCUT2D eigenvalue weighted by molar-refractivity contribution is 0.682. The Bertz CT molecular complexity index is 657. The normalized spacial score (nSPS) is 11.8. The van der Waals surface area contributed by atoms with Gasteiger partial charge in [0.05, 0.1) is 28.2 Å². The molecular weight excluding hydrogens is 256 g/mol. The van der Waals surface area contributed by atoms with Crippen LogP contribution in [-0.4, -0.2) is 4.21 Å². The number of nitriles is 1. The van der Waals surface area contributed by atoms with Crippen molar-refractivity contribution in [2.24, 2.45) is 0 Å². The predicted octanol–water partition coefficient (Wildman–Crippen LogP) is 2.76. The Labute approximate surface area is 115 Å². The Morgan fingerprint density at radius 3 is 2.47 bits per heavy atom. The van der Waals surface area contributed by atoms with Gasteiger partial charge in [0, 0.05) is 10.6 Å². The van der Waals surface area contributed by atoms with Crippen molar-refractivity contribution in [3.8, 4) is 6.07 Å². The number of nitrogens with zero attached hydrogens (tertiary/aromatic N) is 1. The van der Waals surface area contributed by atoms with Gasteiger partial charge in [-0.2, -0.15) is 5.26 Å². The number of rotatable bonds is 3. The lowest BCUT2D eigenvalue weighted by Gasteiger charge is -2.05. The fraction of sp³-hybridized carbons (Fsp3) is 0.133. The molecule has 0 aromatic heterocycles. The largest absolute Gasteiger partial charge is 0.399 e. The van der Waals surface area contributed by atoms with Crippen LogP contribution in [0.2, 0.25) is 0 Å². The molecular formula is C15H14N2OS. The number of hydrogen-bond acceptors (Lipinski definition) is 3. The Morgan fingerprint density at radius 2 is 1.89 bits per heavy atom. The van der Waals surface area contributed by atoms with E-state index >= 15 is 0 Å². The zero-order chi connectivity index (χ0) is 13.8. The maximum atomic E-state index is 12.2. The molecule has 1 unspecified atom stereocenters. The second-order valence-electron chi connectivity index (χ2n) is 4.32. The van der Waals surface area contributed by atoms with Crippen LogP contribution in [0.25, 0.3) is 0 Å². The third-order valence-corrected chi connectivity index (χ3v) is 4.26. The van der Waals surface area contributed by atoms with Crippen LogP contribution in [0, 0.1) is 18.3 Å². The monoisotopic (exact) mass is 270 g/mol. The maximum absolute atomic E-state index is 12.2. The van der Waals surface area contributed by atoms with Crippen LogP contribution in [0.3, 0.4) is 0 Å². The van der Waals surface area contributed by atoms with Gasteiger partial charge in [0.25, 0.3) is 0 Å². The molecule has 0 radical (unpaired) electrons. The van der Waals surface area contributed by atoms with Crippen LogP contribution < -0.4 is 5.73 Å². The summed E-state index contributed by atoms with van der Waals surface area (Å²) in [6.07, 6.45) is 0. The first-order valence-corrected chi connectivity index (χ1v) is 7.15. The van der Waals surface area contributed by atoms with Crippen LogP contribution in [0.5, 0.6) is 0 Å². The number of hydrogen-bond donors (Lipinski definition) is 1. The zero-order valence-electron chi connectivity index (χ0n) is 10.6. The van der Waals surface area contributed by atoms with Crippen LogP contribution in [-0.2, 0) is 16.6 Å². The predicted molar refractivity (Wildman–Crippen MR) is 76.9 cm³/mol. The highest BCUT2D eigenvalue weighted by Crippen LogP contribution is 2.18. The number of anilines is 1. The standard InChI is InChI=1S/C15H14N2OS/c1-11-8-14(6-7-15(11)17)19(18)10-13-4-2-12(9-16)3-5-13/h2-8H,10,17H2,1H3. The summed E-state index contributed by atoms with van der Waals surface area (Å²) in [5.41, 5.74) is 8.95. The van der Waals surface area contributed by atoms with Gasteiger partial charge in [-0.25, -0.2) is 0 Å². The lowest BCUT2D eigenvalue weighted by atomic mass is 10.2. The van der Waals surface area contributed by atoms with E-state index in [1.165, 1.54) is 0 Å². The minimum absolute atomic E-state index is 0.440. The van der Waals surface area contributed by atoms with Gasteiger partial charge in [-0.15, -0.1) is 0 Å². The van der Waals surface area contributed by atoms with E-state index in [0.29, 0.717) is 17.0 Å².